The molecule has 0 aromatic rings. The van der Waals surface area contributed by atoms with E-state index in [0.717, 1.165) is 0 Å². The SMILES string of the molecule is COC(=O)N[C@@H]1[C@@H](NC(=O)OC)N(C)C(=O)N1C. The van der Waals surface area contributed by atoms with Gasteiger partial charge in [-0.25, -0.2) is 14.4 Å². The van der Waals surface area contributed by atoms with E-state index in [4.69, 9.17) is 0 Å². The largest absolute Gasteiger partial charge is 0.453 e. The third-order valence-corrected chi connectivity index (χ3v) is 2.64. The highest BCUT2D eigenvalue weighted by Gasteiger charge is 2.44. The molecule has 1 aliphatic rings. The first-order chi connectivity index (χ1) is 8.42. The van der Waals surface area contributed by atoms with Gasteiger partial charge in [-0.3, -0.25) is 10.6 Å². The van der Waals surface area contributed by atoms with E-state index in [9.17, 15) is 14.4 Å². The molecule has 2 N–H and O–H groups in total. The van der Waals surface area contributed by atoms with Crippen molar-refractivity contribution in [1.82, 2.24) is 20.4 Å². The molecule has 0 radical (unpaired) electrons. The molecule has 1 saturated heterocycles. The summed E-state index contributed by atoms with van der Waals surface area (Å²) in [4.78, 5) is 36.7. The van der Waals surface area contributed by atoms with E-state index in [1.165, 1.54) is 38.1 Å². The molecule has 9 heteroatoms. The van der Waals surface area contributed by atoms with E-state index in [-0.39, 0.29) is 6.03 Å². The normalized spacial score (nSPS) is 22.8. The number of alkyl carbamates (subject to hydrolysis) is 2. The van der Waals surface area contributed by atoms with Gasteiger partial charge in [-0.2, -0.15) is 0 Å². The van der Waals surface area contributed by atoms with Crippen molar-refractivity contribution >= 4 is 18.2 Å². The molecule has 4 amide bonds. The second-order valence-electron chi connectivity index (χ2n) is 3.67. The van der Waals surface area contributed by atoms with Gasteiger partial charge < -0.3 is 19.3 Å². The van der Waals surface area contributed by atoms with Gasteiger partial charge in [0.25, 0.3) is 0 Å². The number of ether oxygens (including phenoxy) is 2. The fourth-order valence-corrected chi connectivity index (χ4v) is 1.62. The summed E-state index contributed by atoms with van der Waals surface area (Å²) >= 11 is 0. The van der Waals surface area contributed by atoms with Crippen molar-refractivity contribution in [2.75, 3.05) is 28.3 Å². The molecule has 2 atom stereocenters. The average molecular weight is 260 g/mol. The predicted octanol–water partition coefficient (Wildman–Crippen LogP) is -0.652. The first-order valence-corrected chi connectivity index (χ1v) is 5.11. The van der Waals surface area contributed by atoms with Gasteiger partial charge in [0.05, 0.1) is 14.2 Å². The molecule has 1 fully saturated rings. The van der Waals surface area contributed by atoms with Crippen molar-refractivity contribution in [1.29, 1.82) is 0 Å². The summed E-state index contributed by atoms with van der Waals surface area (Å²) < 4.78 is 8.92. The molecule has 0 aliphatic carbocycles. The second-order valence-corrected chi connectivity index (χ2v) is 3.67. The number of rotatable bonds is 2. The monoisotopic (exact) mass is 260 g/mol. The number of carbonyl (C=O) groups excluding carboxylic acids is 3. The summed E-state index contributed by atoms with van der Waals surface area (Å²) in [6.07, 6.45) is -2.89. The summed E-state index contributed by atoms with van der Waals surface area (Å²) in [6.45, 7) is 0. The summed E-state index contributed by atoms with van der Waals surface area (Å²) in [5, 5.41) is 4.90. The number of likely N-dealkylation sites (N-methyl/N-ethyl adjacent to an activating group) is 2. The fraction of sp³-hybridized carbons (Fsp3) is 0.667. The summed E-state index contributed by atoms with van der Waals surface area (Å²) in [5.74, 6) is 0. The van der Waals surface area contributed by atoms with Gasteiger partial charge in [0, 0.05) is 14.1 Å². The highest BCUT2D eigenvalue weighted by atomic mass is 16.5. The predicted molar refractivity (Wildman–Crippen MR) is 59.6 cm³/mol. The lowest BCUT2D eigenvalue weighted by Gasteiger charge is -2.25. The molecule has 0 aromatic heterocycles. The Labute approximate surface area is 104 Å². The van der Waals surface area contributed by atoms with Gasteiger partial charge in [-0.15, -0.1) is 0 Å². The maximum Gasteiger partial charge on any atom is 0.408 e. The van der Waals surface area contributed by atoms with Crippen molar-refractivity contribution in [3.05, 3.63) is 0 Å². The van der Waals surface area contributed by atoms with Gasteiger partial charge in [0.2, 0.25) is 0 Å². The zero-order valence-corrected chi connectivity index (χ0v) is 10.6. The van der Waals surface area contributed by atoms with Crippen molar-refractivity contribution in [3.8, 4) is 0 Å². The van der Waals surface area contributed by atoms with Crippen LogP contribution in [0.5, 0.6) is 0 Å². The molecular formula is C9H16N4O5. The molecule has 0 saturated carbocycles. The minimum Gasteiger partial charge on any atom is -0.453 e. The number of carbonyl (C=O) groups is 3. The Kier molecular flexibility index (Phi) is 4.18. The number of nitrogens with zero attached hydrogens (tertiary/aromatic N) is 2. The van der Waals surface area contributed by atoms with Gasteiger partial charge in [0.1, 0.15) is 12.3 Å². The van der Waals surface area contributed by atoms with E-state index in [2.05, 4.69) is 20.1 Å². The van der Waals surface area contributed by atoms with E-state index < -0.39 is 24.5 Å². The summed E-state index contributed by atoms with van der Waals surface area (Å²) in [5.41, 5.74) is 0. The molecule has 102 valence electrons. The molecule has 9 nitrogen and oxygen atoms in total. The molecule has 0 spiro atoms. The van der Waals surface area contributed by atoms with E-state index in [1.54, 1.807) is 0 Å². The zero-order chi connectivity index (χ0) is 13.9. The maximum absolute atomic E-state index is 11.7. The molecule has 0 unspecified atom stereocenters. The van der Waals surface area contributed by atoms with Crippen LogP contribution in [0.1, 0.15) is 0 Å². The topological polar surface area (TPSA) is 100 Å². The van der Waals surface area contributed by atoms with Gasteiger partial charge >= 0.3 is 18.2 Å². The van der Waals surface area contributed by atoms with Gasteiger partial charge in [-0.1, -0.05) is 0 Å². The number of hydrogen-bond donors (Lipinski definition) is 2. The standard InChI is InChI=1S/C9H16N4O5/c1-12-5(10-7(14)17-3)6(11-8(15)18-4)13(2)9(12)16/h5-6H,1-4H3,(H,10,14)(H,11,15)/t5-,6-/m0/s1. The Bertz CT molecular complexity index is 329. The van der Waals surface area contributed by atoms with Crippen LogP contribution < -0.4 is 10.6 Å². The number of amides is 4. The van der Waals surface area contributed by atoms with Crippen LogP contribution in [0.4, 0.5) is 14.4 Å². The zero-order valence-electron chi connectivity index (χ0n) is 10.6. The lowest BCUT2D eigenvalue weighted by atomic mass is 10.3. The Morgan fingerprint density at radius 3 is 1.61 bits per heavy atom. The first-order valence-electron chi connectivity index (χ1n) is 5.11. The molecular weight excluding hydrogens is 244 g/mol. The Hall–Kier alpha value is -2.19. The lowest BCUT2D eigenvalue weighted by Crippen LogP contribution is -2.56. The van der Waals surface area contributed by atoms with Crippen LogP contribution in [0.15, 0.2) is 0 Å². The number of methoxy groups -OCH3 is 2. The number of nitrogens with one attached hydrogen (secondary N) is 2. The van der Waals surface area contributed by atoms with Crippen LogP contribution in [0.3, 0.4) is 0 Å². The van der Waals surface area contributed by atoms with Crippen molar-refractivity contribution < 1.29 is 23.9 Å². The van der Waals surface area contributed by atoms with Gasteiger partial charge in [0.15, 0.2) is 0 Å². The van der Waals surface area contributed by atoms with Gasteiger partial charge in [-0.05, 0) is 0 Å². The van der Waals surface area contributed by atoms with E-state index >= 15 is 0 Å². The minimum absolute atomic E-state index is 0.349. The van der Waals surface area contributed by atoms with Crippen molar-refractivity contribution in [3.63, 3.8) is 0 Å². The van der Waals surface area contributed by atoms with E-state index in [1.807, 2.05) is 0 Å². The molecule has 1 rings (SSSR count). The average Bonchev–Trinajstić information content (AvgIpc) is 2.56. The quantitative estimate of drug-likeness (QED) is 0.687. The van der Waals surface area contributed by atoms with Crippen molar-refractivity contribution in [2.24, 2.45) is 0 Å². The summed E-state index contributed by atoms with van der Waals surface area (Å²) in [6, 6.07) is -0.349. The number of urea groups is 1. The van der Waals surface area contributed by atoms with Crippen LogP contribution in [0, 0.1) is 0 Å². The van der Waals surface area contributed by atoms with Crippen LogP contribution in [0.25, 0.3) is 0 Å². The van der Waals surface area contributed by atoms with Crippen LogP contribution >= 0.6 is 0 Å². The third-order valence-electron chi connectivity index (χ3n) is 2.64. The number of hydrogen-bond acceptors (Lipinski definition) is 5. The molecule has 0 bridgehead atoms. The Balaban J connectivity index is 2.84. The highest BCUT2D eigenvalue weighted by Crippen LogP contribution is 2.16. The molecule has 1 aliphatic heterocycles. The Morgan fingerprint density at radius 1 is 1.00 bits per heavy atom. The maximum atomic E-state index is 11.7. The highest BCUT2D eigenvalue weighted by molar-refractivity contribution is 5.80. The third kappa shape index (κ3) is 2.55. The lowest BCUT2D eigenvalue weighted by molar-refractivity contribution is 0.133. The van der Waals surface area contributed by atoms with Crippen LogP contribution in [0.2, 0.25) is 0 Å². The first kappa shape index (κ1) is 13.9. The minimum atomic E-state index is -0.742. The van der Waals surface area contributed by atoms with Crippen molar-refractivity contribution in [2.45, 2.75) is 12.3 Å². The second kappa shape index (κ2) is 5.43. The molecule has 0 aromatic carbocycles. The Morgan fingerprint density at radius 2 is 1.33 bits per heavy atom. The van der Waals surface area contributed by atoms with Crippen LogP contribution in [-0.2, 0) is 9.47 Å². The van der Waals surface area contributed by atoms with E-state index in [0.29, 0.717) is 0 Å². The molecule has 1 heterocycles. The smallest absolute Gasteiger partial charge is 0.408 e. The fourth-order valence-electron chi connectivity index (χ4n) is 1.62. The molecule has 18 heavy (non-hydrogen) atoms. The van der Waals surface area contributed by atoms with Crippen LogP contribution in [-0.4, -0.2) is 68.7 Å². The summed E-state index contributed by atoms with van der Waals surface area (Å²) in [7, 11) is 5.41.